The second-order valence-electron chi connectivity index (χ2n) is 5.41. The van der Waals surface area contributed by atoms with Crippen LogP contribution in [0, 0.1) is 0 Å². The summed E-state index contributed by atoms with van der Waals surface area (Å²) in [7, 11) is 0. The largest absolute Gasteiger partial charge is 0.347 e. The zero-order chi connectivity index (χ0) is 17.3. The van der Waals surface area contributed by atoms with Gasteiger partial charge in [0.05, 0.1) is 0 Å². The van der Waals surface area contributed by atoms with Gasteiger partial charge in [0, 0.05) is 35.8 Å². The molecule has 1 fully saturated rings. The molecule has 6 nitrogen and oxygen atoms in total. The van der Waals surface area contributed by atoms with Crippen LogP contribution >= 0.6 is 0 Å². The summed E-state index contributed by atoms with van der Waals surface area (Å²) in [6.07, 6.45) is 4.87. The van der Waals surface area contributed by atoms with E-state index in [1.165, 1.54) is 12.2 Å². The molecule has 1 saturated heterocycles. The zero-order valence-corrected chi connectivity index (χ0v) is 13.3. The molecule has 1 N–H and O–H groups in total. The molecule has 0 atom stereocenters. The summed E-state index contributed by atoms with van der Waals surface area (Å²) in [4.78, 5) is 37.3. The Labute approximate surface area is 139 Å². The fraction of sp³-hybridized carbons (Fsp3) is 0.167. The van der Waals surface area contributed by atoms with Crippen molar-refractivity contribution in [1.82, 2.24) is 14.8 Å². The normalized spacial score (nSPS) is 16.8. The Bertz CT molecular complexity index is 892. The number of hydrogen-bond acceptors (Lipinski definition) is 3. The van der Waals surface area contributed by atoms with Crippen LogP contribution in [0.5, 0.6) is 0 Å². The minimum Gasteiger partial charge on any atom is -0.347 e. The summed E-state index contributed by atoms with van der Waals surface area (Å²) in [5.41, 5.74) is 1.73. The molecule has 4 amide bonds. The number of barbiturate groups is 1. The molecule has 0 bridgehead atoms. The zero-order valence-electron chi connectivity index (χ0n) is 13.3. The molecular formula is C18H17N3O3. The predicted molar refractivity (Wildman–Crippen MR) is 91.0 cm³/mol. The molecule has 1 aliphatic rings. The lowest BCUT2D eigenvalue weighted by atomic mass is 10.1. The van der Waals surface area contributed by atoms with Crippen molar-refractivity contribution in [2.24, 2.45) is 0 Å². The van der Waals surface area contributed by atoms with Crippen LogP contribution in [0.1, 0.15) is 12.5 Å². The van der Waals surface area contributed by atoms with Crippen molar-refractivity contribution in [2.75, 3.05) is 6.54 Å². The predicted octanol–water partition coefficient (Wildman–Crippen LogP) is 2.31. The van der Waals surface area contributed by atoms with E-state index in [1.54, 1.807) is 0 Å². The van der Waals surface area contributed by atoms with Crippen molar-refractivity contribution in [3.05, 3.63) is 54.3 Å². The van der Waals surface area contributed by atoms with Crippen molar-refractivity contribution in [1.29, 1.82) is 0 Å². The van der Waals surface area contributed by atoms with Crippen molar-refractivity contribution >= 4 is 34.8 Å². The molecule has 0 aliphatic carbocycles. The standard InChI is InChI=1S/C18H17N3O3/c1-3-9-21-17(23)14(16(22)19-18(21)24)10-12-11-20(4-2)15-8-6-5-7-13(12)15/h3,5-8,10-11H,1,4,9H2,2H3,(H,19,22,24)/b14-10+. The highest BCUT2D eigenvalue weighted by molar-refractivity contribution is 6.31. The maximum absolute atomic E-state index is 12.5. The quantitative estimate of drug-likeness (QED) is 0.533. The molecule has 1 aromatic heterocycles. The lowest BCUT2D eigenvalue weighted by Crippen LogP contribution is -2.54. The number of amides is 4. The minimum atomic E-state index is -0.724. The van der Waals surface area contributed by atoms with Gasteiger partial charge >= 0.3 is 6.03 Å². The van der Waals surface area contributed by atoms with E-state index in [4.69, 9.17) is 0 Å². The number of para-hydroxylation sites is 1. The molecule has 0 spiro atoms. The van der Waals surface area contributed by atoms with Gasteiger partial charge in [-0.3, -0.25) is 19.8 Å². The third kappa shape index (κ3) is 2.52. The van der Waals surface area contributed by atoms with E-state index in [9.17, 15) is 14.4 Å². The summed E-state index contributed by atoms with van der Waals surface area (Å²) >= 11 is 0. The van der Waals surface area contributed by atoms with Gasteiger partial charge in [-0.2, -0.15) is 0 Å². The molecule has 122 valence electrons. The van der Waals surface area contributed by atoms with E-state index in [0.717, 1.165) is 27.9 Å². The van der Waals surface area contributed by atoms with Gasteiger partial charge in [-0.05, 0) is 19.1 Å². The van der Waals surface area contributed by atoms with Gasteiger partial charge in [-0.1, -0.05) is 24.3 Å². The number of fused-ring (bicyclic) bond motifs is 1. The van der Waals surface area contributed by atoms with Gasteiger partial charge in [-0.25, -0.2) is 4.79 Å². The van der Waals surface area contributed by atoms with Crippen LogP contribution in [0.4, 0.5) is 4.79 Å². The minimum absolute atomic E-state index is 0.0476. The Balaban J connectivity index is 2.10. The molecule has 2 aromatic rings. The average Bonchev–Trinajstić information content (AvgIpc) is 2.93. The van der Waals surface area contributed by atoms with Crippen LogP contribution in [-0.4, -0.2) is 33.9 Å². The summed E-state index contributed by atoms with van der Waals surface area (Å²) in [6, 6.07) is 7.04. The maximum atomic E-state index is 12.5. The second-order valence-corrected chi connectivity index (χ2v) is 5.41. The first-order chi connectivity index (χ1) is 11.6. The summed E-state index contributed by atoms with van der Waals surface area (Å²) < 4.78 is 2.04. The van der Waals surface area contributed by atoms with Crippen LogP contribution in [0.25, 0.3) is 17.0 Å². The molecule has 0 radical (unpaired) electrons. The van der Waals surface area contributed by atoms with E-state index >= 15 is 0 Å². The summed E-state index contributed by atoms with van der Waals surface area (Å²) in [5.74, 6) is -1.30. The Kier molecular flexibility index (Phi) is 4.04. The number of urea groups is 1. The third-order valence-electron chi connectivity index (χ3n) is 3.96. The van der Waals surface area contributed by atoms with Gasteiger partial charge < -0.3 is 4.57 Å². The van der Waals surface area contributed by atoms with Gasteiger partial charge in [0.1, 0.15) is 5.57 Å². The highest BCUT2D eigenvalue weighted by Crippen LogP contribution is 2.24. The van der Waals surface area contributed by atoms with Gasteiger partial charge in [0.25, 0.3) is 11.8 Å². The molecular weight excluding hydrogens is 306 g/mol. The Morgan fingerprint density at radius 2 is 1.96 bits per heavy atom. The highest BCUT2D eigenvalue weighted by Gasteiger charge is 2.35. The highest BCUT2D eigenvalue weighted by atomic mass is 16.2. The molecule has 0 unspecified atom stereocenters. The number of carbonyl (C=O) groups excluding carboxylic acids is 3. The number of imide groups is 2. The van der Waals surface area contributed by atoms with Gasteiger partial charge in [0.2, 0.25) is 0 Å². The van der Waals surface area contributed by atoms with E-state index in [1.807, 2.05) is 42.0 Å². The number of hydrogen-bond donors (Lipinski definition) is 1. The molecule has 24 heavy (non-hydrogen) atoms. The lowest BCUT2D eigenvalue weighted by Gasteiger charge is -2.25. The van der Waals surface area contributed by atoms with Gasteiger partial charge in [-0.15, -0.1) is 6.58 Å². The first-order valence-electron chi connectivity index (χ1n) is 7.64. The van der Waals surface area contributed by atoms with E-state index < -0.39 is 17.8 Å². The molecule has 0 saturated carbocycles. The van der Waals surface area contributed by atoms with Gasteiger partial charge in [0.15, 0.2) is 0 Å². The fourth-order valence-corrected chi connectivity index (χ4v) is 2.80. The van der Waals surface area contributed by atoms with E-state index in [2.05, 4.69) is 11.9 Å². The smallest absolute Gasteiger partial charge is 0.331 e. The average molecular weight is 323 g/mol. The van der Waals surface area contributed by atoms with Crippen LogP contribution in [0.2, 0.25) is 0 Å². The van der Waals surface area contributed by atoms with Crippen LogP contribution in [0.3, 0.4) is 0 Å². The number of aryl methyl sites for hydroxylation is 1. The molecule has 6 heteroatoms. The molecule has 3 rings (SSSR count). The molecule has 1 aliphatic heterocycles. The summed E-state index contributed by atoms with van der Waals surface area (Å²) in [5, 5.41) is 3.13. The molecule has 1 aromatic carbocycles. The van der Waals surface area contributed by atoms with Crippen LogP contribution in [0.15, 0.2) is 48.7 Å². The SMILES string of the molecule is C=CCN1C(=O)NC(=O)/C(=C\c2cn(CC)c3ccccc23)C1=O. The number of benzene rings is 1. The monoisotopic (exact) mass is 323 g/mol. The fourth-order valence-electron chi connectivity index (χ4n) is 2.80. The first-order valence-corrected chi connectivity index (χ1v) is 7.64. The van der Waals surface area contributed by atoms with Crippen LogP contribution < -0.4 is 5.32 Å². The van der Waals surface area contributed by atoms with E-state index in [-0.39, 0.29) is 12.1 Å². The maximum Gasteiger partial charge on any atom is 0.331 e. The number of aromatic nitrogens is 1. The summed E-state index contributed by atoms with van der Waals surface area (Å²) in [6.45, 7) is 6.36. The number of rotatable bonds is 4. The number of nitrogens with zero attached hydrogens (tertiary/aromatic N) is 2. The molecule has 2 heterocycles. The Morgan fingerprint density at radius 3 is 2.67 bits per heavy atom. The Hall–Kier alpha value is -3.15. The third-order valence-corrected chi connectivity index (χ3v) is 3.96. The van der Waals surface area contributed by atoms with Crippen molar-refractivity contribution in [3.8, 4) is 0 Å². The second kappa shape index (κ2) is 6.16. The Morgan fingerprint density at radius 1 is 1.21 bits per heavy atom. The lowest BCUT2D eigenvalue weighted by molar-refractivity contribution is -0.129. The number of nitrogens with one attached hydrogen (secondary N) is 1. The van der Waals surface area contributed by atoms with Crippen molar-refractivity contribution < 1.29 is 14.4 Å². The van der Waals surface area contributed by atoms with E-state index in [0.29, 0.717) is 0 Å². The van der Waals surface area contributed by atoms with Crippen LogP contribution in [-0.2, 0) is 16.1 Å². The number of carbonyl (C=O) groups is 3. The van der Waals surface area contributed by atoms with Crippen molar-refractivity contribution in [3.63, 3.8) is 0 Å². The first kappa shape index (κ1) is 15.7. The van der Waals surface area contributed by atoms with Crippen molar-refractivity contribution in [2.45, 2.75) is 13.5 Å². The topological polar surface area (TPSA) is 71.4 Å².